The number of halogens is 2. The fourth-order valence-electron chi connectivity index (χ4n) is 2.12. The number of ether oxygens (including phenoxy) is 2. The maximum absolute atomic E-state index is 12.8. The van der Waals surface area contributed by atoms with Gasteiger partial charge in [-0.3, -0.25) is 10.1 Å². The Bertz CT molecular complexity index is 1110. The summed E-state index contributed by atoms with van der Waals surface area (Å²) in [6, 6.07) is 3.42. The largest absolute Gasteiger partial charge is 0.481 e. The van der Waals surface area contributed by atoms with Gasteiger partial charge in [-0.15, -0.1) is 0 Å². The molecule has 2 aromatic rings. The molecule has 166 valence electrons. The number of carbonyl (C=O) groups excluding carboxylic acids is 3. The van der Waals surface area contributed by atoms with Gasteiger partial charge in [-0.25, -0.2) is 27.7 Å². The van der Waals surface area contributed by atoms with Crippen molar-refractivity contribution in [1.82, 2.24) is 14.7 Å². The van der Waals surface area contributed by atoms with Gasteiger partial charge >= 0.3 is 12.0 Å². The second-order valence-electron chi connectivity index (χ2n) is 5.47. The number of urea groups is 1. The van der Waals surface area contributed by atoms with Crippen LogP contribution in [0.4, 0.5) is 16.4 Å². The number of hydrogen-bond donors (Lipinski definition) is 3. The van der Waals surface area contributed by atoms with Gasteiger partial charge in [0.1, 0.15) is 4.90 Å². The van der Waals surface area contributed by atoms with Crippen LogP contribution in [0, 0.1) is 0 Å². The molecule has 3 N–H and O–H groups in total. The van der Waals surface area contributed by atoms with Gasteiger partial charge in [0, 0.05) is 18.0 Å². The zero-order valence-electron chi connectivity index (χ0n) is 15.9. The van der Waals surface area contributed by atoms with Crippen LogP contribution >= 0.6 is 23.2 Å². The van der Waals surface area contributed by atoms with Crippen LogP contribution in [0.5, 0.6) is 5.88 Å². The lowest BCUT2D eigenvalue weighted by Gasteiger charge is -2.13. The summed E-state index contributed by atoms with van der Waals surface area (Å²) in [7, 11) is -2.24. The van der Waals surface area contributed by atoms with Crippen molar-refractivity contribution in [2.24, 2.45) is 0 Å². The molecule has 12 nitrogen and oxygen atoms in total. The van der Waals surface area contributed by atoms with E-state index in [0.717, 1.165) is 19.2 Å². The number of benzene rings is 1. The van der Waals surface area contributed by atoms with Gasteiger partial charge in [-0.2, -0.15) is 4.98 Å². The summed E-state index contributed by atoms with van der Waals surface area (Å²) in [6.07, 6.45) is 1.28. The number of sulfonamides is 1. The quantitative estimate of drug-likeness (QED) is 0.384. The van der Waals surface area contributed by atoms with Gasteiger partial charge in [0.05, 0.1) is 19.8 Å². The molecular formula is C16H15Cl2N5O7S. The highest BCUT2D eigenvalue weighted by Crippen LogP contribution is 2.22. The summed E-state index contributed by atoms with van der Waals surface area (Å²) in [5.74, 6) is -1.95. The molecular weight excluding hydrogens is 477 g/mol. The molecule has 0 atom stereocenters. The number of esters is 1. The van der Waals surface area contributed by atoms with Crippen LogP contribution in [0.1, 0.15) is 10.4 Å². The molecule has 1 aromatic carbocycles. The Hall–Kier alpha value is -3.16. The molecule has 0 aliphatic rings. The third-order valence-electron chi connectivity index (χ3n) is 3.43. The zero-order valence-corrected chi connectivity index (χ0v) is 18.2. The van der Waals surface area contributed by atoms with Crippen LogP contribution in [-0.4, -0.2) is 55.3 Å². The lowest BCUT2D eigenvalue weighted by atomic mass is 10.2. The Morgan fingerprint density at radius 2 is 1.81 bits per heavy atom. The van der Waals surface area contributed by atoms with Gasteiger partial charge in [0.25, 0.3) is 15.9 Å². The van der Waals surface area contributed by atoms with Crippen LogP contribution < -0.4 is 20.1 Å². The second-order valence-corrected chi connectivity index (χ2v) is 8.22. The van der Waals surface area contributed by atoms with Crippen LogP contribution in [0.15, 0.2) is 35.4 Å². The smallest absolute Gasteiger partial charge is 0.339 e. The van der Waals surface area contributed by atoms with Crippen molar-refractivity contribution >= 4 is 62.8 Å². The van der Waals surface area contributed by atoms with Gasteiger partial charge in [0.15, 0.2) is 4.84 Å². The molecule has 3 amide bonds. The minimum atomic E-state index is -4.63. The third kappa shape index (κ3) is 6.41. The zero-order chi connectivity index (χ0) is 23.2. The number of nitrogens with one attached hydrogen (secondary N) is 3. The van der Waals surface area contributed by atoms with Crippen molar-refractivity contribution in [3.8, 4) is 5.88 Å². The van der Waals surface area contributed by atoms with E-state index in [0.29, 0.717) is 0 Å². The highest BCUT2D eigenvalue weighted by Gasteiger charge is 2.26. The van der Waals surface area contributed by atoms with E-state index in [9.17, 15) is 22.8 Å². The van der Waals surface area contributed by atoms with Gasteiger partial charge in [-0.05, 0) is 18.2 Å². The number of carbonyl (C=O) groups is 3. The molecule has 0 aliphatic heterocycles. The molecule has 15 heteroatoms. The maximum atomic E-state index is 12.8. The van der Waals surface area contributed by atoms with Crippen molar-refractivity contribution in [2.45, 2.75) is 9.73 Å². The Morgan fingerprint density at radius 3 is 2.42 bits per heavy atom. The monoisotopic (exact) mass is 491 g/mol. The first kappa shape index (κ1) is 24.1. The minimum absolute atomic E-state index is 0.0548. The van der Waals surface area contributed by atoms with E-state index in [4.69, 9.17) is 27.9 Å². The Labute approximate surface area is 186 Å². The van der Waals surface area contributed by atoms with E-state index in [1.54, 1.807) is 4.72 Å². The van der Waals surface area contributed by atoms with Crippen molar-refractivity contribution in [3.63, 3.8) is 0 Å². The number of nitrogens with zero attached hydrogens (tertiary/aromatic N) is 2. The molecule has 0 unspecified atom stereocenters. The van der Waals surface area contributed by atoms with Crippen LogP contribution in [0.25, 0.3) is 0 Å². The topological polar surface area (TPSA) is 166 Å². The van der Waals surface area contributed by atoms with Gasteiger partial charge in [-0.1, -0.05) is 23.2 Å². The highest BCUT2D eigenvalue weighted by molar-refractivity contribution is 7.90. The number of anilines is 2. The van der Waals surface area contributed by atoms with E-state index in [1.165, 1.54) is 25.4 Å². The average Bonchev–Trinajstić information content (AvgIpc) is 2.72. The Balaban J connectivity index is 2.34. The van der Waals surface area contributed by atoms with Crippen LogP contribution in [0.2, 0.25) is 0 Å². The summed E-state index contributed by atoms with van der Waals surface area (Å²) < 4.78 is 36.7. The number of rotatable bonds is 7. The molecule has 0 radical (unpaired) electrons. The third-order valence-corrected chi connectivity index (χ3v) is 5.20. The number of aromatic nitrogens is 2. The summed E-state index contributed by atoms with van der Waals surface area (Å²) in [5, 5.41) is 4.38. The molecule has 0 fully saturated rings. The van der Waals surface area contributed by atoms with Gasteiger partial charge < -0.3 is 14.8 Å². The fourth-order valence-corrected chi connectivity index (χ4v) is 3.36. The van der Waals surface area contributed by atoms with Crippen molar-refractivity contribution in [2.75, 3.05) is 24.9 Å². The number of amides is 3. The molecule has 0 spiro atoms. The molecule has 0 saturated carbocycles. The van der Waals surface area contributed by atoms with Crippen molar-refractivity contribution in [3.05, 3.63) is 36.0 Å². The Morgan fingerprint density at radius 1 is 1.10 bits per heavy atom. The Kier molecular flexibility index (Phi) is 7.96. The predicted octanol–water partition coefficient (Wildman–Crippen LogP) is 1.52. The first-order valence-corrected chi connectivity index (χ1v) is 10.4. The maximum Gasteiger partial charge on any atom is 0.339 e. The molecule has 1 aromatic heterocycles. The summed E-state index contributed by atoms with van der Waals surface area (Å²) in [5.41, 5.74) is -0.451. The second kappa shape index (κ2) is 10.2. The number of methoxy groups -OCH3 is 2. The number of alkyl halides is 2. The summed E-state index contributed by atoms with van der Waals surface area (Å²) in [4.78, 5) is 41.3. The van der Waals surface area contributed by atoms with E-state index in [2.05, 4.69) is 25.3 Å². The van der Waals surface area contributed by atoms with E-state index < -0.39 is 43.2 Å². The summed E-state index contributed by atoms with van der Waals surface area (Å²) in [6.45, 7) is 0. The van der Waals surface area contributed by atoms with Crippen molar-refractivity contribution in [1.29, 1.82) is 0 Å². The highest BCUT2D eigenvalue weighted by atomic mass is 35.5. The molecule has 31 heavy (non-hydrogen) atoms. The molecule has 1 heterocycles. The minimum Gasteiger partial charge on any atom is -0.481 e. The normalized spacial score (nSPS) is 10.9. The molecule has 0 bridgehead atoms. The average molecular weight is 492 g/mol. The van der Waals surface area contributed by atoms with Gasteiger partial charge in [0.2, 0.25) is 11.8 Å². The molecule has 0 saturated heterocycles. The lowest BCUT2D eigenvalue weighted by molar-refractivity contribution is -0.114. The van der Waals surface area contributed by atoms with E-state index in [-0.39, 0.29) is 17.5 Å². The predicted molar refractivity (Wildman–Crippen MR) is 110 cm³/mol. The van der Waals surface area contributed by atoms with Crippen LogP contribution in [0.3, 0.4) is 0 Å². The standard InChI is InChI=1S/C16H15Cl2N5O7S/c1-29-11-5-6-19-15(21-11)22-16(26)23-31(27,28)10-7-8(20-13(24)12(17)18)3-4-9(10)14(25)30-2/h3-7,12H,1-2H3,(H,20,24)(H2,19,21,22,23,26). The van der Waals surface area contributed by atoms with E-state index >= 15 is 0 Å². The number of hydrogen-bond acceptors (Lipinski definition) is 9. The molecule has 2 rings (SSSR count). The first-order valence-electron chi connectivity index (χ1n) is 8.09. The fraction of sp³-hybridized carbons (Fsp3) is 0.188. The summed E-state index contributed by atoms with van der Waals surface area (Å²) >= 11 is 10.9. The van der Waals surface area contributed by atoms with E-state index in [1.807, 2.05) is 0 Å². The lowest BCUT2D eigenvalue weighted by Crippen LogP contribution is -2.35. The van der Waals surface area contributed by atoms with Crippen molar-refractivity contribution < 1.29 is 32.3 Å². The first-order chi connectivity index (χ1) is 14.6. The SMILES string of the molecule is COC(=O)c1ccc(NC(=O)C(Cl)Cl)cc1S(=O)(=O)NC(=O)Nc1nccc(OC)n1. The molecule has 0 aliphatic carbocycles. The van der Waals surface area contributed by atoms with Crippen LogP contribution in [-0.2, 0) is 19.6 Å².